The van der Waals surface area contributed by atoms with Crippen molar-refractivity contribution in [1.29, 1.82) is 0 Å². The van der Waals surface area contributed by atoms with Crippen molar-refractivity contribution in [3.05, 3.63) is 0 Å². The zero-order valence-electron chi connectivity index (χ0n) is 25.4. The summed E-state index contributed by atoms with van der Waals surface area (Å²) in [6.45, 7) is 5.34. The molecule has 0 amide bonds. The van der Waals surface area contributed by atoms with E-state index in [4.69, 9.17) is 18.5 Å². The molecule has 0 aliphatic heterocycles. The smallest absolute Gasteiger partial charge is 0.306 e. The van der Waals surface area contributed by atoms with Crippen LogP contribution in [0.3, 0.4) is 0 Å². The van der Waals surface area contributed by atoms with E-state index in [0.29, 0.717) is 24.1 Å². The van der Waals surface area contributed by atoms with Gasteiger partial charge in [0, 0.05) is 13.0 Å². The summed E-state index contributed by atoms with van der Waals surface area (Å²) in [6, 6.07) is 0. The van der Waals surface area contributed by atoms with Gasteiger partial charge in [-0.2, -0.15) is 0 Å². The Bertz CT molecular complexity index is 598. The molecular formula is C29H60NO7P. The molecule has 2 atom stereocenters. The number of carbonyl (C=O) groups excluding carboxylic acids is 1. The van der Waals surface area contributed by atoms with Crippen molar-refractivity contribution in [2.45, 2.75) is 129 Å². The monoisotopic (exact) mass is 565 g/mol. The van der Waals surface area contributed by atoms with Crippen LogP contribution in [0.25, 0.3) is 0 Å². The van der Waals surface area contributed by atoms with Crippen LogP contribution in [0, 0.1) is 0 Å². The van der Waals surface area contributed by atoms with Gasteiger partial charge >= 0.3 is 5.97 Å². The fourth-order valence-electron chi connectivity index (χ4n) is 3.96. The van der Waals surface area contributed by atoms with E-state index in [9.17, 15) is 14.3 Å². The lowest BCUT2D eigenvalue weighted by Gasteiger charge is -2.28. The largest absolute Gasteiger partial charge is 0.756 e. The van der Waals surface area contributed by atoms with Crippen molar-refractivity contribution in [2.75, 3.05) is 54.1 Å². The molecule has 0 fully saturated rings. The van der Waals surface area contributed by atoms with Crippen LogP contribution in [0.5, 0.6) is 0 Å². The molecule has 0 aliphatic carbocycles. The molecule has 9 heteroatoms. The molecule has 0 aromatic rings. The fraction of sp³-hybridized carbons (Fsp3) is 0.966. The number of nitrogens with zero attached hydrogens (tertiary/aromatic N) is 1. The second kappa shape index (κ2) is 24.3. The van der Waals surface area contributed by atoms with Gasteiger partial charge in [0.05, 0.1) is 34.4 Å². The summed E-state index contributed by atoms with van der Waals surface area (Å²) >= 11 is 0. The van der Waals surface area contributed by atoms with Gasteiger partial charge in [0.1, 0.15) is 19.3 Å². The minimum absolute atomic E-state index is 0.0299. The van der Waals surface area contributed by atoms with Gasteiger partial charge in [0.15, 0.2) is 0 Å². The van der Waals surface area contributed by atoms with Crippen LogP contribution in [-0.4, -0.2) is 70.7 Å². The molecule has 0 saturated heterocycles. The number of phosphoric acid groups is 1. The summed E-state index contributed by atoms with van der Waals surface area (Å²) in [7, 11) is 1.36. The van der Waals surface area contributed by atoms with Crippen molar-refractivity contribution in [1.82, 2.24) is 0 Å². The van der Waals surface area contributed by atoms with Crippen LogP contribution in [0.1, 0.15) is 123 Å². The topological polar surface area (TPSA) is 94.1 Å². The Hall–Kier alpha value is -0.500. The van der Waals surface area contributed by atoms with Crippen LogP contribution < -0.4 is 4.89 Å². The van der Waals surface area contributed by atoms with E-state index in [1.165, 1.54) is 70.6 Å². The van der Waals surface area contributed by atoms with Crippen molar-refractivity contribution >= 4 is 13.8 Å². The number of esters is 1. The number of rotatable bonds is 28. The lowest BCUT2D eigenvalue weighted by Crippen LogP contribution is -2.37. The van der Waals surface area contributed by atoms with Crippen molar-refractivity contribution in [2.24, 2.45) is 0 Å². The van der Waals surface area contributed by atoms with Crippen molar-refractivity contribution in [3.8, 4) is 0 Å². The molecule has 38 heavy (non-hydrogen) atoms. The standard InChI is InChI=1S/C29H60NO7P/c1-6-8-10-12-14-16-18-20-22-29(31)37-28(26-34-24-21-19-17-15-13-11-9-7-2)27-36-38(32,33)35-25-23-30(3,4)5/h28H,6-27H2,1-5H3. The highest BCUT2D eigenvalue weighted by Crippen LogP contribution is 2.38. The molecule has 0 bridgehead atoms. The van der Waals surface area contributed by atoms with E-state index < -0.39 is 13.9 Å². The molecule has 0 aromatic carbocycles. The first kappa shape index (κ1) is 37.5. The Morgan fingerprint density at radius 1 is 0.711 bits per heavy atom. The summed E-state index contributed by atoms with van der Waals surface area (Å²) in [5, 5.41) is 0. The highest BCUT2D eigenvalue weighted by molar-refractivity contribution is 7.45. The minimum Gasteiger partial charge on any atom is -0.756 e. The van der Waals surface area contributed by atoms with Crippen LogP contribution in [-0.2, 0) is 27.9 Å². The summed E-state index contributed by atoms with van der Waals surface area (Å²) < 4.78 is 34.1. The Balaban J connectivity index is 4.40. The zero-order chi connectivity index (χ0) is 28.5. The molecule has 8 nitrogen and oxygen atoms in total. The predicted molar refractivity (Wildman–Crippen MR) is 153 cm³/mol. The summed E-state index contributed by atoms with van der Waals surface area (Å²) in [5.41, 5.74) is 0. The average molecular weight is 566 g/mol. The molecule has 0 heterocycles. The number of likely N-dealkylation sites (N-methyl/N-ethyl adjacent to an activating group) is 1. The quantitative estimate of drug-likeness (QED) is 0.0446. The number of unbranched alkanes of at least 4 members (excludes halogenated alkanes) is 14. The first-order chi connectivity index (χ1) is 18.1. The second-order valence-corrected chi connectivity index (χ2v) is 12.9. The maximum atomic E-state index is 12.4. The van der Waals surface area contributed by atoms with E-state index in [2.05, 4.69) is 13.8 Å². The van der Waals surface area contributed by atoms with Gasteiger partial charge < -0.3 is 27.9 Å². The van der Waals surface area contributed by atoms with E-state index in [1.807, 2.05) is 21.1 Å². The van der Waals surface area contributed by atoms with Crippen LogP contribution >= 0.6 is 7.82 Å². The molecule has 0 aliphatic rings. The molecule has 0 saturated carbocycles. The van der Waals surface area contributed by atoms with Crippen LogP contribution in [0.2, 0.25) is 0 Å². The molecule has 228 valence electrons. The number of hydrogen-bond donors (Lipinski definition) is 0. The summed E-state index contributed by atoms with van der Waals surface area (Å²) in [6.07, 6.45) is 18.3. The van der Waals surface area contributed by atoms with Crippen molar-refractivity contribution < 1.29 is 37.3 Å². The second-order valence-electron chi connectivity index (χ2n) is 11.5. The third kappa shape index (κ3) is 27.1. The molecule has 0 rings (SSSR count). The number of hydrogen-bond acceptors (Lipinski definition) is 7. The maximum Gasteiger partial charge on any atom is 0.306 e. The van der Waals surface area contributed by atoms with E-state index >= 15 is 0 Å². The van der Waals surface area contributed by atoms with Gasteiger partial charge in [-0.1, -0.05) is 104 Å². The Kier molecular flexibility index (Phi) is 24.0. The van der Waals surface area contributed by atoms with Crippen LogP contribution in [0.15, 0.2) is 0 Å². The lowest BCUT2D eigenvalue weighted by atomic mass is 10.1. The zero-order valence-corrected chi connectivity index (χ0v) is 26.3. The Morgan fingerprint density at radius 3 is 1.74 bits per heavy atom. The number of quaternary nitrogens is 1. The number of phosphoric ester groups is 1. The highest BCUT2D eigenvalue weighted by atomic mass is 31.2. The van der Waals surface area contributed by atoms with Gasteiger partial charge in [0.2, 0.25) is 0 Å². The van der Waals surface area contributed by atoms with Gasteiger partial charge in [-0.25, -0.2) is 0 Å². The van der Waals surface area contributed by atoms with Gasteiger partial charge in [-0.3, -0.25) is 9.36 Å². The molecule has 0 radical (unpaired) electrons. The lowest BCUT2D eigenvalue weighted by molar-refractivity contribution is -0.870. The molecule has 0 spiro atoms. The third-order valence-corrected chi connectivity index (χ3v) is 7.37. The molecular weight excluding hydrogens is 505 g/mol. The Morgan fingerprint density at radius 2 is 1.21 bits per heavy atom. The molecule has 2 unspecified atom stereocenters. The van der Waals surface area contributed by atoms with E-state index in [-0.39, 0.29) is 25.8 Å². The van der Waals surface area contributed by atoms with Gasteiger partial charge in [0.25, 0.3) is 7.82 Å². The summed E-state index contributed by atoms with van der Waals surface area (Å²) in [5.74, 6) is -0.341. The highest BCUT2D eigenvalue weighted by Gasteiger charge is 2.20. The van der Waals surface area contributed by atoms with Crippen molar-refractivity contribution in [3.63, 3.8) is 0 Å². The average Bonchev–Trinajstić information content (AvgIpc) is 2.84. The Labute approximate surface area is 234 Å². The molecule has 0 N–H and O–H groups in total. The third-order valence-electron chi connectivity index (χ3n) is 6.41. The number of carbonyl (C=O) groups is 1. The maximum absolute atomic E-state index is 12.4. The van der Waals surface area contributed by atoms with Gasteiger partial charge in [-0.05, 0) is 12.8 Å². The van der Waals surface area contributed by atoms with E-state index in [1.54, 1.807) is 0 Å². The minimum atomic E-state index is -4.49. The summed E-state index contributed by atoms with van der Waals surface area (Å²) in [4.78, 5) is 24.6. The first-order valence-electron chi connectivity index (χ1n) is 15.3. The SMILES string of the molecule is CCCCCCCCCCOCC(COP(=O)([O-])OCC[N+](C)(C)C)OC(=O)CCCCCCCCCC. The van der Waals surface area contributed by atoms with E-state index in [0.717, 1.165) is 32.1 Å². The molecule has 0 aromatic heterocycles. The van der Waals surface area contributed by atoms with Gasteiger partial charge in [-0.15, -0.1) is 0 Å². The fourth-order valence-corrected chi connectivity index (χ4v) is 4.68. The first-order valence-corrected chi connectivity index (χ1v) is 16.7. The number of ether oxygens (including phenoxy) is 2. The van der Waals surface area contributed by atoms with Crippen LogP contribution in [0.4, 0.5) is 0 Å². The predicted octanol–water partition coefficient (Wildman–Crippen LogP) is 6.79. The normalized spacial score (nSPS) is 14.4.